The minimum Gasteiger partial charge on any atom is -0.508 e. The first kappa shape index (κ1) is 22.1. The van der Waals surface area contributed by atoms with E-state index in [1.54, 1.807) is 6.07 Å². The number of nitrogens with one attached hydrogen (secondary N) is 1. The summed E-state index contributed by atoms with van der Waals surface area (Å²) in [5.41, 5.74) is 4.96. The fourth-order valence-corrected chi connectivity index (χ4v) is 4.16. The number of phenols is 1. The molecule has 1 saturated heterocycles. The summed E-state index contributed by atoms with van der Waals surface area (Å²) in [5.74, 6) is 0.245. The highest BCUT2D eigenvalue weighted by atomic mass is 16.3. The lowest BCUT2D eigenvalue weighted by atomic mass is 10.1. The lowest BCUT2D eigenvalue weighted by Gasteiger charge is -2.22. The second kappa shape index (κ2) is 10.4. The molecule has 1 aliphatic heterocycles. The molecule has 0 spiro atoms. The third-order valence-electron chi connectivity index (χ3n) is 5.90. The van der Waals surface area contributed by atoms with Crippen LogP contribution in [0.15, 0.2) is 72.8 Å². The second-order valence-corrected chi connectivity index (χ2v) is 8.60. The predicted molar refractivity (Wildman–Crippen MR) is 129 cm³/mol. The number of nitrogens with zero attached hydrogens (tertiary/aromatic N) is 2. The Hall–Kier alpha value is -3.15. The van der Waals surface area contributed by atoms with Crippen molar-refractivity contribution >= 4 is 11.6 Å². The molecular weight excluding hydrogens is 398 g/mol. The van der Waals surface area contributed by atoms with Gasteiger partial charge in [-0.2, -0.15) is 0 Å². The standard InChI is InChI=1S/C27H31N3O2/c1-21-9-11-25(12-10-21)28-27(32)24-7-2-5-22(17-24)19-29-13-4-14-30(16-15-29)20-23-6-3-8-26(31)18-23/h2-3,5-12,17-18,31H,4,13-16,19-20H2,1H3,(H,28,32). The first-order chi connectivity index (χ1) is 15.5. The van der Waals surface area contributed by atoms with E-state index < -0.39 is 0 Å². The zero-order chi connectivity index (χ0) is 22.3. The Kier molecular flexibility index (Phi) is 7.20. The van der Waals surface area contributed by atoms with Gasteiger partial charge in [-0.1, -0.05) is 42.0 Å². The van der Waals surface area contributed by atoms with Crippen LogP contribution in [0.1, 0.15) is 33.5 Å². The smallest absolute Gasteiger partial charge is 0.255 e. The van der Waals surface area contributed by atoms with Crippen molar-refractivity contribution in [2.24, 2.45) is 0 Å². The van der Waals surface area contributed by atoms with E-state index in [1.807, 2.05) is 61.5 Å². The minimum absolute atomic E-state index is 0.0798. The molecular formula is C27H31N3O2. The molecule has 0 aliphatic carbocycles. The van der Waals surface area contributed by atoms with Crippen LogP contribution in [0.4, 0.5) is 5.69 Å². The molecule has 3 aromatic carbocycles. The number of hydrogen-bond acceptors (Lipinski definition) is 4. The van der Waals surface area contributed by atoms with Gasteiger partial charge in [0.05, 0.1) is 0 Å². The Bertz CT molecular complexity index is 1050. The maximum absolute atomic E-state index is 12.7. The summed E-state index contributed by atoms with van der Waals surface area (Å²) < 4.78 is 0. The minimum atomic E-state index is -0.0798. The number of aryl methyl sites for hydroxylation is 1. The van der Waals surface area contributed by atoms with Crippen LogP contribution in [-0.2, 0) is 13.1 Å². The molecule has 5 nitrogen and oxygen atoms in total. The van der Waals surface area contributed by atoms with Gasteiger partial charge in [0.25, 0.3) is 5.91 Å². The van der Waals surface area contributed by atoms with Gasteiger partial charge in [-0.15, -0.1) is 0 Å². The highest BCUT2D eigenvalue weighted by molar-refractivity contribution is 6.04. The molecule has 32 heavy (non-hydrogen) atoms. The van der Waals surface area contributed by atoms with Gasteiger partial charge in [-0.25, -0.2) is 0 Å². The van der Waals surface area contributed by atoms with Crippen LogP contribution in [0.25, 0.3) is 0 Å². The Balaban J connectivity index is 1.33. The summed E-state index contributed by atoms with van der Waals surface area (Å²) in [6, 6.07) is 23.3. The van der Waals surface area contributed by atoms with Crippen molar-refractivity contribution in [3.8, 4) is 5.75 Å². The van der Waals surface area contributed by atoms with Crippen LogP contribution >= 0.6 is 0 Å². The van der Waals surface area contributed by atoms with Gasteiger partial charge >= 0.3 is 0 Å². The zero-order valence-corrected chi connectivity index (χ0v) is 18.6. The van der Waals surface area contributed by atoms with Crippen molar-refractivity contribution in [3.05, 3.63) is 95.1 Å². The monoisotopic (exact) mass is 429 g/mol. The van der Waals surface area contributed by atoms with Crippen molar-refractivity contribution in [2.45, 2.75) is 26.4 Å². The highest BCUT2D eigenvalue weighted by Crippen LogP contribution is 2.17. The van der Waals surface area contributed by atoms with Gasteiger partial charge in [0, 0.05) is 37.4 Å². The van der Waals surface area contributed by atoms with Crippen LogP contribution in [0, 0.1) is 6.92 Å². The fourth-order valence-electron chi connectivity index (χ4n) is 4.16. The van der Waals surface area contributed by atoms with Gasteiger partial charge in [0.2, 0.25) is 0 Å². The van der Waals surface area contributed by atoms with E-state index in [0.29, 0.717) is 11.3 Å². The first-order valence-corrected chi connectivity index (χ1v) is 11.2. The predicted octanol–water partition coefficient (Wildman–Crippen LogP) is 4.66. The van der Waals surface area contributed by atoms with Crippen LogP contribution < -0.4 is 5.32 Å². The molecule has 3 aromatic rings. The fraction of sp³-hybridized carbons (Fsp3) is 0.296. The lowest BCUT2D eigenvalue weighted by Crippen LogP contribution is -2.30. The topological polar surface area (TPSA) is 55.8 Å². The van der Waals surface area contributed by atoms with Crippen molar-refractivity contribution in [1.29, 1.82) is 0 Å². The van der Waals surface area contributed by atoms with Crippen molar-refractivity contribution in [2.75, 3.05) is 31.5 Å². The highest BCUT2D eigenvalue weighted by Gasteiger charge is 2.16. The molecule has 1 aliphatic rings. The molecule has 5 heteroatoms. The number of benzene rings is 3. The first-order valence-electron chi connectivity index (χ1n) is 11.2. The maximum Gasteiger partial charge on any atom is 0.255 e. The number of hydrogen-bond donors (Lipinski definition) is 2. The van der Waals surface area contributed by atoms with Crippen LogP contribution in [0.5, 0.6) is 5.75 Å². The number of carbonyl (C=O) groups excluding carboxylic acids is 1. The molecule has 0 saturated carbocycles. The molecule has 0 bridgehead atoms. The van der Waals surface area contributed by atoms with Crippen molar-refractivity contribution < 1.29 is 9.90 Å². The summed E-state index contributed by atoms with van der Waals surface area (Å²) >= 11 is 0. The third-order valence-corrected chi connectivity index (χ3v) is 5.90. The Morgan fingerprint density at radius 3 is 2.12 bits per heavy atom. The molecule has 1 amide bonds. The molecule has 2 N–H and O–H groups in total. The summed E-state index contributed by atoms with van der Waals surface area (Å²) in [5, 5.41) is 12.7. The van der Waals surface area contributed by atoms with Crippen LogP contribution in [-0.4, -0.2) is 47.0 Å². The maximum atomic E-state index is 12.7. The molecule has 1 fully saturated rings. The van der Waals surface area contributed by atoms with E-state index in [-0.39, 0.29) is 5.91 Å². The van der Waals surface area contributed by atoms with E-state index in [2.05, 4.69) is 27.2 Å². The van der Waals surface area contributed by atoms with E-state index in [0.717, 1.165) is 62.5 Å². The molecule has 4 rings (SSSR count). The number of anilines is 1. The van der Waals surface area contributed by atoms with Gasteiger partial charge < -0.3 is 10.4 Å². The average molecular weight is 430 g/mol. The molecule has 0 atom stereocenters. The summed E-state index contributed by atoms with van der Waals surface area (Å²) in [7, 11) is 0. The Morgan fingerprint density at radius 1 is 0.844 bits per heavy atom. The lowest BCUT2D eigenvalue weighted by molar-refractivity contribution is 0.102. The molecule has 166 valence electrons. The number of aromatic hydroxyl groups is 1. The van der Waals surface area contributed by atoms with Gasteiger partial charge in [-0.3, -0.25) is 14.6 Å². The molecule has 0 radical (unpaired) electrons. The summed E-state index contributed by atoms with van der Waals surface area (Å²) in [4.78, 5) is 17.6. The van der Waals surface area contributed by atoms with Crippen molar-refractivity contribution in [1.82, 2.24) is 9.80 Å². The number of carbonyl (C=O) groups is 1. The third kappa shape index (κ3) is 6.19. The van der Waals surface area contributed by atoms with E-state index in [1.165, 1.54) is 5.56 Å². The molecule has 1 heterocycles. The molecule has 0 aromatic heterocycles. The quantitative estimate of drug-likeness (QED) is 0.598. The Labute approximate surface area is 190 Å². The average Bonchev–Trinajstić information content (AvgIpc) is 3.00. The van der Waals surface area contributed by atoms with Gasteiger partial charge in [0.15, 0.2) is 0 Å². The second-order valence-electron chi connectivity index (χ2n) is 8.60. The van der Waals surface area contributed by atoms with Gasteiger partial charge in [0.1, 0.15) is 5.75 Å². The SMILES string of the molecule is Cc1ccc(NC(=O)c2cccc(CN3CCCN(Cc4cccc(O)c4)CC3)c2)cc1. The normalized spacial score (nSPS) is 15.3. The zero-order valence-electron chi connectivity index (χ0n) is 18.6. The van der Waals surface area contributed by atoms with E-state index in [4.69, 9.17) is 0 Å². The van der Waals surface area contributed by atoms with Crippen molar-refractivity contribution in [3.63, 3.8) is 0 Å². The largest absolute Gasteiger partial charge is 0.508 e. The number of phenolic OH excluding ortho intramolecular Hbond substituents is 1. The van der Waals surface area contributed by atoms with Gasteiger partial charge in [-0.05, 0) is 74.0 Å². The van der Waals surface area contributed by atoms with Crippen LogP contribution in [0.3, 0.4) is 0 Å². The molecule has 0 unspecified atom stereocenters. The Morgan fingerprint density at radius 2 is 1.47 bits per heavy atom. The summed E-state index contributed by atoms with van der Waals surface area (Å²) in [6.07, 6.45) is 1.10. The van der Waals surface area contributed by atoms with E-state index >= 15 is 0 Å². The summed E-state index contributed by atoms with van der Waals surface area (Å²) in [6.45, 7) is 7.79. The number of rotatable bonds is 6. The van der Waals surface area contributed by atoms with Crippen LogP contribution in [0.2, 0.25) is 0 Å². The van der Waals surface area contributed by atoms with E-state index in [9.17, 15) is 9.90 Å². The number of amides is 1.